The minimum atomic E-state index is -0.324. The largest absolute Gasteiger partial charge is 0.465 e. The molecule has 78 valence electrons. The fourth-order valence-electron chi connectivity index (χ4n) is 1.01. The number of thiazole rings is 1. The van der Waals surface area contributed by atoms with E-state index in [2.05, 4.69) is 9.72 Å². The Kier molecular flexibility index (Phi) is 3.60. The van der Waals surface area contributed by atoms with Gasteiger partial charge in [0.05, 0.1) is 17.8 Å². The van der Waals surface area contributed by atoms with Crippen molar-refractivity contribution in [2.45, 2.75) is 19.8 Å². The molecule has 1 aromatic heterocycles. The monoisotopic (exact) mass is 214 g/mol. The lowest BCUT2D eigenvalue weighted by molar-refractivity contribution is 0.0605. The average Bonchev–Trinajstić information content (AvgIpc) is 2.58. The zero-order valence-corrected chi connectivity index (χ0v) is 9.35. The summed E-state index contributed by atoms with van der Waals surface area (Å²) >= 11 is 1.36. The van der Waals surface area contributed by atoms with Crippen LogP contribution in [0.4, 0.5) is 0 Å². The minimum absolute atomic E-state index is 0.192. The predicted molar refractivity (Wildman–Crippen MR) is 55.7 cm³/mol. The number of rotatable bonds is 3. The molecule has 1 unspecified atom stereocenters. The van der Waals surface area contributed by atoms with Gasteiger partial charge in [-0.3, -0.25) is 0 Å². The molecule has 0 aliphatic heterocycles. The van der Waals surface area contributed by atoms with E-state index in [-0.39, 0.29) is 11.9 Å². The minimum Gasteiger partial charge on any atom is -0.465 e. The predicted octanol–water partition coefficient (Wildman–Crippen LogP) is 1.30. The van der Waals surface area contributed by atoms with Gasteiger partial charge in [-0.2, -0.15) is 0 Å². The van der Waals surface area contributed by atoms with Gasteiger partial charge in [0.15, 0.2) is 0 Å². The van der Waals surface area contributed by atoms with E-state index in [9.17, 15) is 4.79 Å². The molecule has 1 atom stereocenters. The summed E-state index contributed by atoms with van der Waals surface area (Å²) < 4.78 is 4.64. The molecule has 4 nitrogen and oxygen atoms in total. The quantitative estimate of drug-likeness (QED) is 0.770. The molecule has 14 heavy (non-hydrogen) atoms. The number of hydrogen-bond donors (Lipinski definition) is 1. The molecule has 0 aromatic carbocycles. The summed E-state index contributed by atoms with van der Waals surface area (Å²) in [4.78, 5) is 16.1. The molecule has 0 amide bonds. The van der Waals surface area contributed by atoms with Crippen LogP contribution in [-0.2, 0) is 4.74 Å². The third-order valence-electron chi connectivity index (χ3n) is 1.96. The van der Waals surface area contributed by atoms with Gasteiger partial charge in [-0.05, 0) is 6.92 Å². The van der Waals surface area contributed by atoms with Gasteiger partial charge in [0.25, 0.3) is 0 Å². The molecular weight excluding hydrogens is 200 g/mol. The maximum Gasteiger partial charge on any atom is 0.349 e. The van der Waals surface area contributed by atoms with Crippen LogP contribution in [0.25, 0.3) is 0 Å². The summed E-state index contributed by atoms with van der Waals surface area (Å²) in [5.74, 6) is -0.132. The van der Waals surface area contributed by atoms with Crippen molar-refractivity contribution in [2.75, 3.05) is 13.7 Å². The lowest BCUT2D eigenvalue weighted by Gasteiger charge is -2.01. The number of nitrogens with two attached hydrogens (primary N) is 1. The van der Waals surface area contributed by atoms with Crippen LogP contribution in [0.5, 0.6) is 0 Å². The van der Waals surface area contributed by atoms with Crippen molar-refractivity contribution in [3.8, 4) is 0 Å². The van der Waals surface area contributed by atoms with Gasteiger partial charge in [0.1, 0.15) is 4.88 Å². The maximum atomic E-state index is 11.3. The van der Waals surface area contributed by atoms with Crippen LogP contribution >= 0.6 is 11.3 Å². The van der Waals surface area contributed by atoms with E-state index in [1.54, 1.807) is 6.92 Å². The molecule has 1 heterocycles. The zero-order chi connectivity index (χ0) is 10.7. The molecule has 0 radical (unpaired) electrons. The number of ether oxygens (including phenoxy) is 1. The lowest BCUT2D eigenvalue weighted by atomic mass is 10.2. The first kappa shape index (κ1) is 11.1. The van der Waals surface area contributed by atoms with Gasteiger partial charge < -0.3 is 10.5 Å². The maximum absolute atomic E-state index is 11.3. The Bertz CT molecular complexity index is 336. The normalized spacial score (nSPS) is 12.6. The summed E-state index contributed by atoms with van der Waals surface area (Å²) in [5, 5.41) is 0.894. The van der Waals surface area contributed by atoms with Crippen LogP contribution < -0.4 is 5.73 Å². The van der Waals surface area contributed by atoms with Crippen molar-refractivity contribution in [3.05, 3.63) is 15.6 Å². The Hall–Kier alpha value is -0.940. The molecule has 0 aliphatic rings. The molecule has 0 spiro atoms. The summed E-state index contributed by atoms with van der Waals surface area (Å²) in [6, 6.07) is 0. The number of carbonyl (C=O) groups excluding carboxylic acids is 1. The van der Waals surface area contributed by atoms with Gasteiger partial charge >= 0.3 is 5.97 Å². The molecule has 0 aliphatic carbocycles. The zero-order valence-electron chi connectivity index (χ0n) is 8.53. The Balaban J connectivity index is 2.98. The molecule has 5 heteroatoms. The summed E-state index contributed by atoms with van der Waals surface area (Å²) in [6.45, 7) is 4.32. The van der Waals surface area contributed by atoms with Crippen molar-refractivity contribution in [2.24, 2.45) is 5.73 Å². The van der Waals surface area contributed by atoms with Gasteiger partial charge in [0, 0.05) is 12.5 Å². The van der Waals surface area contributed by atoms with Gasteiger partial charge in [-0.25, -0.2) is 9.78 Å². The smallest absolute Gasteiger partial charge is 0.349 e. The highest BCUT2D eigenvalue weighted by molar-refractivity contribution is 7.13. The third-order valence-corrected chi connectivity index (χ3v) is 3.33. The highest BCUT2D eigenvalue weighted by Crippen LogP contribution is 2.24. The van der Waals surface area contributed by atoms with Crippen LogP contribution in [0, 0.1) is 6.92 Å². The van der Waals surface area contributed by atoms with Crippen molar-refractivity contribution in [1.29, 1.82) is 0 Å². The first-order valence-electron chi connectivity index (χ1n) is 4.35. The molecule has 0 saturated carbocycles. The second-order valence-corrected chi connectivity index (χ2v) is 4.13. The number of hydrogen-bond acceptors (Lipinski definition) is 5. The number of nitrogens with zero attached hydrogens (tertiary/aromatic N) is 1. The van der Waals surface area contributed by atoms with Crippen LogP contribution in [-0.4, -0.2) is 24.6 Å². The fourth-order valence-corrected chi connectivity index (χ4v) is 2.06. The summed E-state index contributed by atoms with van der Waals surface area (Å²) in [6.07, 6.45) is 0. The molecule has 0 fully saturated rings. The number of esters is 1. The summed E-state index contributed by atoms with van der Waals surface area (Å²) in [5.41, 5.74) is 6.24. The fraction of sp³-hybridized carbons (Fsp3) is 0.556. The van der Waals surface area contributed by atoms with Crippen molar-refractivity contribution >= 4 is 17.3 Å². The van der Waals surface area contributed by atoms with Crippen LogP contribution in [0.15, 0.2) is 0 Å². The van der Waals surface area contributed by atoms with Gasteiger partial charge in [-0.15, -0.1) is 11.3 Å². The lowest BCUT2D eigenvalue weighted by Crippen LogP contribution is -2.08. The molecule has 1 rings (SSSR count). The topological polar surface area (TPSA) is 65.2 Å². The van der Waals surface area contributed by atoms with Crippen LogP contribution in [0.1, 0.15) is 33.2 Å². The Morgan fingerprint density at radius 3 is 2.86 bits per heavy atom. The Morgan fingerprint density at radius 1 is 1.71 bits per heavy atom. The highest BCUT2D eigenvalue weighted by atomic mass is 32.1. The number of methoxy groups -OCH3 is 1. The van der Waals surface area contributed by atoms with E-state index in [0.29, 0.717) is 11.4 Å². The third kappa shape index (κ3) is 2.10. The van der Waals surface area contributed by atoms with Crippen LogP contribution in [0.3, 0.4) is 0 Å². The first-order chi connectivity index (χ1) is 6.60. The number of carbonyl (C=O) groups is 1. The molecule has 0 saturated heterocycles. The first-order valence-corrected chi connectivity index (χ1v) is 5.17. The molecule has 2 N–H and O–H groups in total. The van der Waals surface area contributed by atoms with Crippen molar-refractivity contribution < 1.29 is 9.53 Å². The highest BCUT2D eigenvalue weighted by Gasteiger charge is 2.17. The molecule has 0 bridgehead atoms. The second-order valence-electron chi connectivity index (χ2n) is 3.09. The van der Waals surface area contributed by atoms with E-state index in [0.717, 1.165) is 10.7 Å². The van der Waals surface area contributed by atoms with E-state index in [1.165, 1.54) is 18.4 Å². The van der Waals surface area contributed by atoms with Crippen molar-refractivity contribution in [3.63, 3.8) is 0 Å². The Morgan fingerprint density at radius 2 is 2.36 bits per heavy atom. The molecule has 1 aromatic rings. The van der Waals surface area contributed by atoms with E-state index in [4.69, 9.17) is 5.73 Å². The molecular formula is C9H14N2O2S. The van der Waals surface area contributed by atoms with E-state index >= 15 is 0 Å². The Labute approximate surface area is 87.1 Å². The van der Waals surface area contributed by atoms with Gasteiger partial charge in [0.2, 0.25) is 0 Å². The average molecular weight is 214 g/mol. The summed E-state index contributed by atoms with van der Waals surface area (Å²) in [7, 11) is 1.37. The standard InChI is InChI=1S/C9H14N2O2S/c1-5(4-10)8-11-6(2)7(14-8)9(12)13-3/h5H,4,10H2,1-3H3. The van der Waals surface area contributed by atoms with Crippen molar-refractivity contribution in [1.82, 2.24) is 4.98 Å². The van der Waals surface area contributed by atoms with E-state index < -0.39 is 0 Å². The second kappa shape index (κ2) is 4.52. The van der Waals surface area contributed by atoms with Crippen LogP contribution in [0.2, 0.25) is 0 Å². The number of aromatic nitrogens is 1. The van der Waals surface area contributed by atoms with Gasteiger partial charge in [-0.1, -0.05) is 6.92 Å². The number of aryl methyl sites for hydroxylation is 1. The SMILES string of the molecule is COC(=O)c1sc(C(C)CN)nc1C. The van der Waals surface area contributed by atoms with E-state index in [1.807, 2.05) is 6.92 Å².